The minimum Gasteiger partial charge on any atom is -0.355 e. The van der Waals surface area contributed by atoms with Crippen LogP contribution in [0, 0.1) is 5.92 Å². The molecule has 1 fully saturated rings. The van der Waals surface area contributed by atoms with Crippen LogP contribution in [0.4, 0.5) is 0 Å². The Morgan fingerprint density at radius 2 is 1.68 bits per heavy atom. The maximum Gasteiger partial charge on any atom is 0.191 e. The van der Waals surface area contributed by atoms with Crippen molar-refractivity contribution >= 4 is 5.96 Å². The quantitative estimate of drug-likeness (QED) is 0.586. The van der Waals surface area contributed by atoms with Crippen molar-refractivity contribution in [1.29, 1.82) is 0 Å². The maximum absolute atomic E-state index is 4.32. The van der Waals surface area contributed by atoms with Gasteiger partial charge in [-0.2, -0.15) is 0 Å². The predicted molar refractivity (Wildman–Crippen MR) is 107 cm³/mol. The molecule has 1 aliphatic heterocycles. The molecule has 1 heterocycles. The van der Waals surface area contributed by atoms with Gasteiger partial charge in [-0.25, -0.2) is 0 Å². The smallest absolute Gasteiger partial charge is 0.191 e. The van der Waals surface area contributed by atoms with Gasteiger partial charge in [0.15, 0.2) is 5.96 Å². The van der Waals surface area contributed by atoms with Crippen molar-refractivity contribution in [3.63, 3.8) is 0 Å². The van der Waals surface area contributed by atoms with Gasteiger partial charge in [0.1, 0.15) is 0 Å². The van der Waals surface area contributed by atoms with E-state index in [1.165, 1.54) is 5.56 Å². The van der Waals surface area contributed by atoms with Crippen molar-refractivity contribution < 1.29 is 0 Å². The Morgan fingerprint density at radius 1 is 1.04 bits per heavy atom. The Labute approximate surface area is 153 Å². The van der Waals surface area contributed by atoms with Crippen LogP contribution in [0.25, 0.3) is 0 Å². The Kier molecular flexibility index (Phi) is 8.22. The molecular formula is C20H35N5. The summed E-state index contributed by atoms with van der Waals surface area (Å²) in [7, 11) is 1.84. The zero-order valence-electron chi connectivity index (χ0n) is 16.3. The number of benzene rings is 1. The van der Waals surface area contributed by atoms with Gasteiger partial charge in [-0.15, -0.1) is 0 Å². The Hall–Kier alpha value is -1.59. The number of piperazine rings is 1. The van der Waals surface area contributed by atoms with Gasteiger partial charge in [-0.1, -0.05) is 44.2 Å². The maximum atomic E-state index is 4.32. The highest BCUT2D eigenvalue weighted by Crippen LogP contribution is 2.08. The molecule has 0 amide bonds. The molecule has 5 nitrogen and oxygen atoms in total. The molecule has 0 saturated carbocycles. The number of guanidine groups is 1. The predicted octanol–water partition coefficient (Wildman–Crippen LogP) is 2.01. The van der Waals surface area contributed by atoms with E-state index in [-0.39, 0.29) is 0 Å². The number of nitrogens with one attached hydrogen (secondary N) is 2. The Bertz CT molecular complexity index is 506. The number of nitrogens with zero attached hydrogens (tertiary/aromatic N) is 3. The topological polar surface area (TPSA) is 42.9 Å². The SMILES string of the molecule is CN=C(NCCN1CCN(Cc2ccccc2)CC1)NC(C)C(C)C. The highest BCUT2D eigenvalue weighted by Gasteiger charge is 2.16. The van der Waals surface area contributed by atoms with E-state index in [2.05, 4.69) is 76.5 Å². The fourth-order valence-electron chi connectivity index (χ4n) is 2.92. The fourth-order valence-corrected chi connectivity index (χ4v) is 2.92. The lowest BCUT2D eigenvalue weighted by Gasteiger charge is -2.34. The molecule has 2 N–H and O–H groups in total. The summed E-state index contributed by atoms with van der Waals surface area (Å²) in [5.41, 5.74) is 1.41. The molecule has 25 heavy (non-hydrogen) atoms. The summed E-state index contributed by atoms with van der Waals surface area (Å²) in [6.07, 6.45) is 0. The number of hydrogen-bond acceptors (Lipinski definition) is 3. The summed E-state index contributed by atoms with van der Waals surface area (Å²) >= 11 is 0. The van der Waals surface area contributed by atoms with Crippen molar-refractivity contribution in [3.8, 4) is 0 Å². The first-order valence-electron chi connectivity index (χ1n) is 9.54. The van der Waals surface area contributed by atoms with Crippen LogP contribution in [0.15, 0.2) is 35.3 Å². The molecule has 1 aromatic rings. The number of aliphatic imine (C=N–C) groups is 1. The lowest BCUT2D eigenvalue weighted by molar-refractivity contribution is 0.129. The second kappa shape index (κ2) is 10.4. The van der Waals surface area contributed by atoms with Crippen LogP contribution in [0.5, 0.6) is 0 Å². The monoisotopic (exact) mass is 345 g/mol. The van der Waals surface area contributed by atoms with Crippen molar-refractivity contribution in [3.05, 3.63) is 35.9 Å². The van der Waals surface area contributed by atoms with Crippen LogP contribution < -0.4 is 10.6 Å². The summed E-state index contributed by atoms with van der Waals surface area (Å²) in [5, 5.41) is 6.89. The Balaban J connectivity index is 1.63. The molecule has 1 unspecified atom stereocenters. The van der Waals surface area contributed by atoms with Gasteiger partial charge in [-0.05, 0) is 18.4 Å². The average molecular weight is 346 g/mol. The van der Waals surface area contributed by atoms with E-state index in [4.69, 9.17) is 0 Å². The van der Waals surface area contributed by atoms with Crippen molar-refractivity contribution in [2.24, 2.45) is 10.9 Å². The molecule has 1 saturated heterocycles. The van der Waals surface area contributed by atoms with Crippen LogP contribution >= 0.6 is 0 Å². The van der Waals surface area contributed by atoms with E-state index in [1.54, 1.807) is 0 Å². The highest BCUT2D eigenvalue weighted by atomic mass is 15.3. The van der Waals surface area contributed by atoms with Crippen molar-refractivity contribution in [2.75, 3.05) is 46.3 Å². The van der Waals surface area contributed by atoms with Gasteiger partial charge in [0, 0.05) is 58.9 Å². The van der Waals surface area contributed by atoms with Gasteiger partial charge < -0.3 is 10.6 Å². The lowest BCUT2D eigenvalue weighted by atomic mass is 10.1. The van der Waals surface area contributed by atoms with Gasteiger partial charge in [0.2, 0.25) is 0 Å². The van der Waals surface area contributed by atoms with Crippen LogP contribution in [0.3, 0.4) is 0 Å². The third-order valence-corrected chi connectivity index (χ3v) is 5.02. The van der Waals surface area contributed by atoms with E-state index in [9.17, 15) is 0 Å². The molecule has 0 bridgehead atoms. The lowest BCUT2D eigenvalue weighted by Crippen LogP contribution is -2.50. The van der Waals surface area contributed by atoms with E-state index in [0.29, 0.717) is 12.0 Å². The first kappa shape index (κ1) is 19.7. The van der Waals surface area contributed by atoms with Gasteiger partial charge in [-0.3, -0.25) is 14.8 Å². The van der Waals surface area contributed by atoms with Crippen LogP contribution in [0.1, 0.15) is 26.3 Å². The molecule has 0 aliphatic carbocycles. The second-order valence-electron chi connectivity index (χ2n) is 7.28. The first-order valence-corrected chi connectivity index (χ1v) is 9.54. The summed E-state index contributed by atoms with van der Waals surface area (Å²) in [5.74, 6) is 1.50. The van der Waals surface area contributed by atoms with Gasteiger partial charge >= 0.3 is 0 Å². The third-order valence-electron chi connectivity index (χ3n) is 5.02. The summed E-state index contributed by atoms with van der Waals surface area (Å²) < 4.78 is 0. The summed E-state index contributed by atoms with van der Waals surface area (Å²) in [6, 6.07) is 11.2. The zero-order valence-corrected chi connectivity index (χ0v) is 16.3. The van der Waals surface area contributed by atoms with Gasteiger partial charge in [0.25, 0.3) is 0 Å². The molecule has 1 aliphatic rings. The summed E-state index contributed by atoms with van der Waals surface area (Å²) in [6.45, 7) is 14.3. The molecule has 0 spiro atoms. The van der Waals surface area contributed by atoms with E-state index in [1.807, 2.05) is 7.05 Å². The van der Waals surface area contributed by atoms with Crippen LogP contribution in [0.2, 0.25) is 0 Å². The molecule has 5 heteroatoms. The molecular weight excluding hydrogens is 310 g/mol. The number of hydrogen-bond donors (Lipinski definition) is 2. The molecule has 0 aromatic heterocycles. The van der Waals surface area contributed by atoms with E-state index < -0.39 is 0 Å². The second-order valence-corrected chi connectivity index (χ2v) is 7.28. The van der Waals surface area contributed by atoms with Crippen molar-refractivity contribution in [2.45, 2.75) is 33.4 Å². The highest BCUT2D eigenvalue weighted by molar-refractivity contribution is 5.79. The minimum absolute atomic E-state index is 0.424. The molecule has 1 aromatic carbocycles. The van der Waals surface area contributed by atoms with E-state index in [0.717, 1.165) is 51.8 Å². The summed E-state index contributed by atoms with van der Waals surface area (Å²) in [4.78, 5) is 9.40. The normalized spacial score (nSPS) is 18.4. The zero-order chi connectivity index (χ0) is 18.1. The first-order chi connectivity index (χ1) is 12.1. The standard InChI is InChI=1S/C20H35N5/c1-17(2)18(3)23-20(21-4)22-10-11-24-12-14-25(15-13-24)16-19-8-6-5-7-9-19/h5-9,17-18H,10-16H2,1-4H3,(H2,21,22,23). The molecule has 140 valence electrons. The van der Waals surface area contributed by atoms with Gasteiger partial charge in [0.05, 0.1) is 0 Å². The van der Waals surface area contributed by atoms with E-state index >= 15 is 0 Å². The fraction of sp³-hybridized carbons (Fsp3) is 0.650. The minimum atomic E-state index is 0.424. The third kappa shape index (κ3) is 7.04. The Morgan fingerprint density at radius 3 is 2.28 bits per heavy atom. The van der Waals surface area contributed by atoms with Crippen LogP contribution in [-0.4, -0.2) is 68.1 Å². The van der Waals surface area contributed by atoms with Crippen LogP contribution in [-0.2, 0) is 6.54 Å². The molecule has 0 radical (unpaired) electrons. The molecule has 2 rings (SSSR count). The van der Waals surface area contributed by atoms with Crippen molar-refractivity contribution in [1.82, 2.24) is 20.4 Å². The molecule has 1 atom stereocenters. The average Bonchev–Trinajstić information content (AvgIpc) is 2.63. The number of rotatable bonds is 7. The largest absolute Gasteiger partial charge is 0.355 e.